The molecule has 2 nitrogen and oxygen atoms in total. The number of benzene rings is 1. The van der Waals surface area contributed by atoms with Gasteiger partial charge in [-0.3, -0.25) is 0 Å². The number of ether oxygens (including phenoxy) is 1. The van der Waals surface area contributed by atoms with Gasteiger partial charge in [-0.15, -0.1) is 0 Å². The zero-order chi connectivity index (χ0) is 9.68. The molecule has 0 bridgehead atoms. The smallest absolute Gasteiger partial charge is 0.138 e. The maximum Gasteiger partial charge on any atom is 0.138 e. The number of halogens is 2. The molecule has 0 aromatic heterocycles. The van der Waals surface area contributed by atoms with Crippen LogP contribution in [0.1, 0.15) is 0 Å². The second kappa shape index (κ2) is 5.47. The first-order valence-corrected chi connectivity index (χ1v) is 5.05. The summed E-state index contributed by atoms with van der Waals surface area (Å²) >= 11 is 9.18. The Bertz CT molecular complexity index is 280. The van der Waals surface area contributed by atoms with Crippen LogP contribution in [0.5, 0.6) is 5.75 Å². The molecule has 0 aliphatic rings. The Balaban J connectivity index is 2.56. The summed E-state index contributed by atoms with van der Waals surface area (Å²) in [6.07, 6.45) is 0. The molecule has 0 aliphatic carbocycles. The van der Waals surface area contributed by atoms with Crippen molar-refractivity contribution in [3.8, 4) is 5.75 Å². The zero-order valence-electron chi connectivity index (χ0n) is 7.23. The van der Waals surface area contributed by atoms with E-state index in [1.165, 1.54) is 0 Å². The van der Waals surface area contributed by atoms with Gasteiger partial charge in [-0.05, 0) is 19.2 Å². The lowest BCUT2D eigenvalue weighted by molar-refractivity contribution is 0.318. The minimum absolute atomic E-state index is 0.599. The Kier molecular flexibility index (Phi) is 4.56. The summed E-state index contributed by atoms with van der Waals surface area (Å²) < 4.78 is 6.22. The normalized spacial score (nSPS) is 10.1. The molecule has 0 heterocycles. The minimum atomic E-state index is 0.599. The van der Waals surface area contributed by atoms with Crippen LogP contribution >= 0.6 is 27.5 Å². The molecule has 13 heavy (non-hydrogen) atoms. The average Bonchev–Trinajstić information content (AvgIpc) is 2.09. The van der Waals surface area contributed by atoms with Crippen LogP contribution in [0.4, 0.5) is 0 Å². The van der Waals surface area contributed by atoms with Gasteiger partial charge in [-0.2, -0.15) is 0 Å². The van der Waals surface area contributed by atoms with Gasteiger partial charge < -0.3 is 10.1 Å². The molecule has 1 N–H and O–H groups in total. The summed E-state index contributed by atoms with van der Waals surface area (Å²) in [6, 6.07) is 6.44. The molecule has 1 rings (SSSR count). The van der Waals surface area contributed by atoms with Crippen LogP contribution in [0.15, 0.2) is 16.6 Å². The summed E-state index contributed by atoms with van der Waals surface area (Å²) in [5.74, 6) is 0.667. The highest BCUT2D eigenvalue weighted by Gasteiger charge is 2.01. The van der Waals surface area contributed by atoms with E-state index >= 15 is 0 Å². The second-order valence-electron chi connectivity index (χ2n) is 2.45. The molecule has 0 atom stereocenters. The van der Waals surface area contributed by atoms with Crippen LogP contribution in [0.2, 0.25) is 5.02 Å². The quantitative estimate of drug-likeness (QED) is 0.843. The third-order valence-electron chi connectivity index (χ3n) is 1.44. The lowest BCUT2D eigenvalue weighted by Gasteiger charge is -2.07. The number of likely N-dealkylation sites (N-methyl/N-ethyl adjacent to an activating group) is 1. The SMILES string of the molecule is CNCCOc1c[c]c(Br)cc1Cl. The fourth-order valence-electron chi connectivity index (χ4n) is 0.801. The molecule has 0 aliphatic heterocycles. The molecule has 0 saturated carbocycles. The largest absolute Gasteiger partial charge is 0.491 e. The van der Waals surface area contributed by atoms with Gasteiger partial charge >= 0.3 is 0 Å². The number of nitrogens with one attached hydrogen (secondary N) is 1. The van der Waals surface area contributed by atoms with E-state index in [9.17, 15) is 0 Å². The van der Waals surface area contributed by atoms with E-state index in [1.807, 2.05) is 7.05 Å². The van der Waals surface area contributed by atoms with Crippen molar-refractivity contribution in [1.29, 1.82) is 0 Å². The van der Waals surface area contributed by atoms with Crippen molar-refractivity contribution < 1.29 is 4.74 Å². The molecule has 0 spiro atoms. The third-order valence-corrected chi connectivity index (χ3v) is 2.19. The van der Waals surface area contributed by atoms with Crippen LogP contribution in [0, 0.1) is 6.07 Å². The van der Waals surface area contributed by atoms with Gasteiger partial charge in [0.15, 0.2) is 0 Å². The van der Waals surface area contributed by atoms with Crippen LogP contribution in [0.25, 0.3) is 0 Å². The molecule has 71 valence electrons. The lowest BCUT2D eigenvalue weighted by atomic mass is 10.3. The summed E-state index contributed by atoms with van der Waals surface area (Å²) in [7, 11) is 1.87. The molecule has 0 unspecified atom stereocenters. The summed E-state index contributed by atoms with van der Waals surface area (Å²) in [5.41, 5.74) is 0. The summed E-state index contributed by atoms with van der Waals surface area (Å²) in [6.45, 7) is 1.40. The Morgan fingerprint density at radius 2 is 2.46 bits per heavy atom. The van der Waals surface area contributed by atoms with E-state index in [2.05, 4.69) is 27.3 Å². The molecule has 4 heteroatoms. The molecule has 1 aromatic rings. The van der Waals surface area contributed by atoms with E-state index in [0.29, 0.717) is 17.4 Å². The van der Waals surface area contributed by atoms with Crippen molar-refractivity contribution >= 4 is 27.5 Å². The Labute approximate surface area is 91.4 Å². The van der Waals surface area contributed by atoms with Crippen molar-refractivity contribution in [2.24, 2.45) is 0 Å². The molecular formula is C9H10BrClNO. The van der Waals surface area contributed by atoms with Gasteiger partial charge in [-0.25, -0.2) is 0 Å². The molecule has 0 saturated heterocycles. The zero-order valence-corrected chi connectivity index (χ0v) is 9.58. The average molecular weight is 264 g/mol. The Morgan fingerprint density at radius 3 is 3.08 bits per heavy atom. The van der Waals surface area contributed by atoms with Crippen LogP contribution in [0.3, 0.4) is 0 Å². The van der Waals surface area contributed by atoms with Crippen molar-refractivity contribution in [3.63, 3.8) is 0 Å². The minimum Gasteiger partial charge on any atom is -0.491 e. The number of hydrogen-bond donors (Lipinski definition) is 1. The first kappa shape index (κ1) is 10.8. The van der Waals surface area contributed by atoms with Gasteiger partial charge in [0.1, 0.15) is 12.4 Å². The van der Waals surface area contributed by atoms with E-state index in [-0.39, 0.29) is 0 Å². The van der Waals surface area contributed by atoms with Crippen molar-refractivity contribution in [2.45, 2.75) is 0 Å². The van der Waals surface area contributed by atoms with Crippen LogP contribution in [-0.4, -0.2) is 20.2 Å². The molecule has 0 amide bonds. The molecule has 0 fully saturated rings. The number of rotatable bonds is 4. The van der Waals surface area contributed by atoms with Crippen LogP contribution in [-0.2, 0) is 0 Å². The monoisotopic (exact) mass is 262 g/mol. The fraction of sp³-hybridized carbons (Fsp3) is 0.333. The van der Waals surface area contributed by atoms with Gasteiger partial charge in [0.05, 0.1) is 5.02 Å². The predicted octanol–water partition coefficient (Wildman–Crippen LogP) is 2.50. The highest BCUT2D eigenvalue weighted by molar-refractivity contribution is 9.10. The van der Waals surface area contributed by atoms with E-state index in [4.69, 9.17) is 16.3 Å². The van der Waals surface area contributed by atoms with Gasteiger partial charge in [0, 0.05) is 17.1 Å². The fourth-order valence-corrected chi connectivity index (χ4v) is 1.49. The maximum absolute atomic E-state index is 5.91. The highest BCUT2D eigenvalue weighted by atomic mass is 79.9. The summed E-state index contributed by atoms with van der Waals surface area (Å²) in [4.78, 5) is 0. The molecular weight excluding hydrogens is 253 g/mol. The lowest BCUT2D eigenvalue weighted by Crippen LogP contribution is -2.16. The number of hydrogen-bond acceptors (Lipinski definition) is 2. The van der Waals surface area contributed by atoms with Gasteiger partial charge in [-0.1, -0.05) is 27.5 Å². The Hall–Kier alpha value is -0.250. The van der Waals surface area contributed by atoms with Crippen molar-refractivity contribution in [3.05, 3.63) is 27.7 Å². The van der Waals surface area contributed by atoms with Gasteiger partial charge in [0.25, 0.3) is 0 Å². The summed E-state index contributed by atoms with van der Waals surface area (Å²) in [5, 5.41) is 3.58. The highest BCUT2D eigenvalue weighted by Crippen LogP contribution is 2.26. The topological polar surface area (TPSA) is 21.3 Å². The van der Waals surface area contributed by atoms with Gasteiger partial charge in [0.2, 0.25) is 0 Å². The maximum atomic E-state index is 5.91. The molecule has 1 aromatic carbocycles. The first-order chi connectivity index (χ1) is 6.24. The first-order valence-electron chi connectivity index (χ1n) is 3.88. The third kappa shape index (κ3) is 3.55. The second-order valence-corrected chi connectivity index (χ2v) is 3.71. The van der Waals surface area contributed by atoms with Crippen molar-refractivity contribution in [1.82, 2.24) is 5.32 Å². The van der Waals surface area contributed by atoms with E-state index in [1.54, 1.807) is 12.1 Å². The van der Waals surface area contributed by atoms with Crippen LogP contribution < -0.4 is 10.1 Å². The Morgan fingerprint density at radius 1 is 1.69 bits per heavy atom. The predicted molar refractivity (Wildman–Crippen MR) is 57.4 cm³/mol. The van der Waals surface area contributed by atoms with E-state index in [0.717, 1.165) is 11.0 Å². The standard InChI is InChI=1S/C9H10BrClNO/c1-12-4-5-13-9-3-2-7(10)6-8(9)11/h3,6,12H,4-5H2,1H3. The molecule has 1 radical (unpaired) electrons. The van der Waals surface area contributed by atoms with Crippen molar-refractivity contribution in [2.75, 3.05) is 20.2 Å². The van der Waals surface area contributed by atoms with E-state index < -0.39 is 0 Å².